The first kappa shape index (κ1) is 10.7. The van der Waals surface area contributed by atoms with Crippen LogP contribution in [0, 0.1) is 6.92 Å². The van der Waals surface area contributed by atoms with Crippen LogP contribution in [0.25, 0.3) is 10.8 Å². The summed E-state index contributed by atoms with van der Waals surface area (Å²) in [5.41, 5.74) is 1.88. The highest BCUT2D eigenvalue weighted by Crippen LogP contribution is 2.16. The van der Waals surface area contributed by atoms with Crippen LogP contribution in [0.2, 0.25) is 0 Å². The van der Waals surface area contributed by atoms with Crippen LogP contribution < -0.4 is 0 Å². The fourth-order valence-corrected chi connectivity index (χ4v) is 1.84. The molecule has 0 fully saturated rings. The predicted molar refractivity (Wildman–Crippen MR) is 72.4 cm³/mol. The maximum absolute atomic E-state index is 5.03. The lowest BCUT2D eigenvalue weighted by molar-refractivity contribution is 0.425. The van der Waals surface area contributed by atoms with E-state index in [1.807, 2.05) is 25.1 Å². The molecule has 0 radical (unpaired) electrons. The van der Waals surface area contributed by atoms with Crippen LogP contribution in [-0.4, -0.2) is 11.4 Å². The van der Waals surface area contributed by atoms with Crippen LogP contribution in [0.5, 0.6) is 0 Å². The third-order valence-electron chi connectivity index (χ3n) is 2.73. The first-order valence-electron chi connectivity index (χ1n) is 5.77. The Bertz CT molecular complexity index is 713. The number of rotatable bonds is 2. The van der Waals surface area contributed by atoms with Crippen molar-refractivity contribution in [1.82, 2.24) is 5.16 Å². The Labute approximate surface area is 105 Å². The van der Waals surface area contributed by atoms with Crippen LogP contribution in [-0.2, 0) is 0 Å². The van der Waals surface area contributed by atoms with Gasteiger partial charge < -0.3 is 4.52 Å². The summed E-state index contributed by atoms with van der Waals surface area (Å²) in [4.78, 5) is 4.25. The van der Waals surface area contributed by atoms with Gasteiger partial charge in [0.25, 0.3) is 5.88 Å². The number of nitrogens with zero attached hydrogens (tertiary/aromatic N) is 2. The molecule has 0 atom stereocenters. The van der Waals surface area contributed by atoms with Crippen LogP contribution in [0.15, 0.2) is 58.0 Å². The lowest BCUT2D eigenvalue weighted by atomic mass is 10.1. The molecule has 0 aliphatic rings. The molecule has 3 rings (SSSR count). The molecule has 1 aromatic heterocycles. The Kier molecular flexibility index (Phi) is 2.65. The van der Waals surface area contributed by atoms with Crippen LogP contribution in [0.1, 0.15) is 11.3 Å². The van der Waals surface area contributed by atoms with Crippen LogP contribution >= 0.6 is 0 Å². The quantitative estimate of drug-likeness (QED) is 0.633. The van der Waals surface area contributed by atoms with Crippen LogP contribution in [0.3, 0.4) is 0 Å². The summed E-state index contributed by atoms with van der Waals surface area (Å²) in [6.45, 7) is 1.87. The molecule has 0 spiro atoms. The molecule has 0 aliphatic heterocycles. The van der Waals surface area contributed by atoms with Gasteiger partial charge in [0, 0.05) is 12.3 Å². The molecule has 1 heterocycles. The predicted octanol–water partition coefficient (Wildman–Crippen LogP) is 3.89. The Hall–Kier alpha value is -2.42. The number of benzene rings is 2. The third kappa shape index (κ3) is 2.15. The Morgan fingerprint density at radius 3 is 2.67 bits per heavy atom. The van der Waals surface area contributed by atoms with Gasteiger partial charge in [-0.25, -0.2) is 4.99 Å². The smallest absolute Gasteiger partial charge is 0.250 e. The van der Waals surface area contributed by atoms with E-state index in [9.17, 15) is 0 Å². The van der Waals surface area contributed by atoms with Gasteiger partial charge >= 0.3 is 0 Å². The molecule has 3 heteroatoms. The molecule has 0 amide bonds. The third-order valence-corrected chi connectivity index (χ3v) is 2.73. The van der Waals surface area contributed by atoms with Crippen molar-refractivity contribution < 1.29 is 4.52 Å². The second kappa shape index (κ2) is 4.45. The minimum Gasteiger partial charge on any atom is -0.336 e. The molecular weight excluding hydrogens is 224 g/mol. The number of hydrogen-bond acceptors (Lipinski definition) is 3. The monoisotopic (exact) mass is 236 g/mol. The van der Waals surface area contributed by atoms with Gasteiger partial charge in [0.15, 0.2) is 0 Å². The molecular formula is C15H12N2O. The SMILES string of the molecule is Cc1cc(N=Cc2ccc3ccccc3c2)on1. The van der Waals surface area contributed by atoms with E-state index in [4.69, 9.17) is 4.52 Å². The highest BCUT2D eigenvalue weighted by molar-refractivity contribution is 5.90. The minimum absolute atomic E-state index is 0.528. The van der Waals surface area contributed by atoms with E-state index in [0.29, 0.717) is 5.88 Å². The van der Waals surface area contributed by atoms with E-state index in [2.05, 4.69) is 34.4 Å². The van der Waals surface area contributed by atoms with Crippen molar-refractivity contribution in [3.05, 3.63) is 59.8 Å². The summed E-state index contributed by atoms with van der Waals surface area (Å²) in [5, 5.41) is 6.22. The summed E-state index contributed by atoms with van der Waals surface area (Å²) < 4.78 is 5.03. The second-order valence-corrected chi connectivity index (χ2v) is 4.17. The van der Waals surface area contributed by atoms with Gasteiger partial charge in [0.2, 0.25) is 0 Å². The maximum atomic E-state index is 5.03. The molecule has 3 nitrogen and oxygen atoms in total. The summed E-state index contributed by atoms with van der Waals surface area (Å²) >= 11 is 0. The largest absolute Gasteiger partial charge is 0.336 e. The highest BCUT2D eigenvalue weighted by atomic mass is 16.5. The Morgan fingerprint density at radius 1 is 1.06 bits per heavy atom. The van der Waals surface area contributed by atoms with Crippen molar-refractivity contribution in [3.8, 4) is 0 Å². The van der Waals surface area contributed by atoms with E-state index in [-0.39, 0.29) is 0 Å². The fraction of sp³-hybridized carbons (Fsp3) is 0.0667. The molecule has 0 saturated heterocycles. The van der Waals surface area contributed by atoms with Gasteiger partial charge in [0.1, 0.15) is 0 Å². The maximum Gasteiger partial charge on any atom is 0.250 e. The van der Waals surface area contributed by atoms with Gasteiger partial charge in [-0.3, -0.25) is 0 Å². The van der Waals surface area contributed by atoms with Crippen molar-refractivity contribution in [1.29, 1.82) is 0 Å². The molecule has 0 unspecified atom stereocenters. The van der Waals surface area contributed by atoms with Gasteiger partial charge in [0.05, 0.1) is 5.69 Å². The van der Waals surface area contributed by atoms with Gasteiger partial charge in [-0.15, -0.1) is 0 Å². The number of aryl methyl sites for hydroxylation is 1. The van der Waals surface area contributed by atoms with Crippen molar-refractivity contribution >= 4 is 22.9 Å². The van der Waals surface area contributed by atoms with E-state index in [1.54, 1.807) is 12.3 Å². The standard InChI is InChI=1S/C15H12N2O/c1-11-8-15(18-17-11)16-10-12-6-7-13-4-2-3-5-14(13)9-12/h2-10H,1H3. The van der Waals surface area contributed by atoms with E-state index in [0.717, 1.165) is 11.3 Å². The van der Waals surface area contributed by atoms with E-state index < -0.39 is 0 Å². The lowest BCUT2D eigenvalue weighted by Gasteiger charge is -1.98. The summed E-state index contributed by atoms with van der Waals surface area (Å²) in [5.74, 6) is 0.528. The number of fused-ring (bicyclic) bond motifs is 1. The van der Waals surface area contributed by atoms with Crippen molar-refractivity contribution in [3.63, 3.8) is 0 Å². The summed E-state index contributed by atoms with van der Waals surface area (Å²) in [7, 11) is 0. The molecule has 2 aromatic carbocycles. The van der Waals surface area contributed by atoms with Gasteiger partial charge in [-0.2, -0.15) is 0 Å². The summed E-state index contributed by atoms with van der Waals surface area (Å²) in [6.07, 6.45) is 1.78. The zero-order chi connectivity index (χ0) is 12.4. The number of hydrogen-bond donors (Lipinski definition) is 0. The van der Waals surface area contributed by atoms with Crippen molar-refractivity contribution in [2.75, 3.05) is 0 Å². The zero-order valence-electron chi connectivity index (χ0n) is 10.00. The normalized spacial score (nSPS) is 11.4. The molecule has 18 heavy (non-hydrogen) atoms. The van der Waals surface area contributed by atoms with Crippen molar-refractivity contribution in [2.45, 2.75) is 6.92 Å². The van der Waals surface area contributed by atoms with Crippen molar-refractivity contribution in [2.24, 2.45) is 4.99 Å². The van der Waals surface area contributed by atoms with Gasteiger partial charge in [-0.1, -0.05) is 41.6 Å². The number of aliphatic imine (C=N–C) groups is 1. The zero-order valence-corrected chi connectivity index (χ0v) is 10.00. The molecule has 3 aromatic rings. The molecule has 0 saturated carbocycles. The average Bonchev–Trinajstić information content (AvgIpc) is 2.82. The van der Waals surface area contributed by atoms with Gasteiger partial charge in [-0.05, 0) is 29.3 Å². The first-order chi connectivity index (χ1) is 8.81. The second-order valence-electron chi connectivity index (χ2n) is 4.17. The highest BCUT2D eigenvalue weighted by Gasteiger charge is 1.97. The van der Waals surface area contributed by atoms with E-state index >= 15 is 0 Å². The van der Waals surface area contributed by atoms with E-state index in [1.165, 1.54) is 10.8 Å². The average molecular weight is 236 g/mol. The summed E-state index contributed by atoms with van der Waals surface area (Å²) in [6, 6.07) is 16.3. The molecule has 88 valence electrons. The minimum atomic E-state index is 0.528. The fourth-order valence-electron chi connectivity index (χ4n) is 1.84. The topological polar surface area (TPSA) is 38.4 Å². The number of aromatic nitrogens is 1. The van der Waals surface area contributed by atoms with Crippen LogP contribution in [0.4, 0.5) is 5.88 Å². The first-order valence-corrected chi connectivity index (χ1v) is 5.77. The lowest BCUT2D eigenvalue weighted by Crippen LogP contribution is -1.80. The Morgan fingerprint density at radius 2 is 1.89 bits per heavy atom. The Balaban J connectivity index is 1.93. The molecule has 0 N–H and O–H groups in total. The molecule has 0 aliphatic carbocycles. The molecule has 0 bridgehead atoms.